The summed E-state index contributed by atoms with van der Waals surface area (Å²) in [6, 6.07) is 7.86. The summed E-state index contributed by atoms with van der Waals surface area (Å²) in [7, 11) is 1.49. The van der Waals surface area contributed by atoms with Crippen LogP contribution in [0.15, 0.2) is 41.0 Å². The third kappa shape index (κ3) is 3.42. The van der Waals surface area contributed by atoms with E-state index < -0.39 is 0 Å². The molecule has 0 aliphatic rings. The first-order valence-electron chi connectivity index (χ1n) is 5.78. The van der Waals surface area contributed by atoms with Crippen molar-refractivity contribution in [2.45, 2.75) is 6.42 Å². The molecule has 0 saturated heterocycles. The molecule has 1 aromatic carbocycles. The van der Waals surface area contributed by atoms with Crippen LogP contribution in [-0.4, -0.2) is 19.7 Å². The Kier molecular flexibility index (Phi) is 4.30. The maximum Gasteiger partial charge on any atom is 0.289 e. The van der Waals surface area contributed by atoms with E-state index in [1.54, 1.807) is 18.2 Å². The molecule has 0 aliphatic carbocycles. The topological polar surface area (TPSA) is 51.5 Å². The van der Waals surface area contributed by atoms with Crippen LogP contribution in [0.3, 0.4) is 0 Å². The third-order valence-electron chi connectivity index (χ3n) is 2.64. The van der Waals surface area contributed by atoms with Crippen molar-refractivity contribution in [3.05, 3.63) is 59.3 Å². The molecule has 0 aliphatic heterocycles. The highest BCUT2D eigenvalue weighted by Crippen LogP contribution is 2.16. The highest BCUT2D eigenvalue weighted by molar-refractivity contribution is 5.92. The lowest BCUT2D eigenvalue weighted by molar-refractivity contribution is 0.0843. The normalized spacial score (nSPS) is 10.4. The van der Waals surface area contributed by atoms with Gasteiger partial charge in [-0.25, -0.2) is 4.39 Å². The average Bonchev–Trinajstić information content (AvgIpc) is 2.87. The van der Waals surface area contributed by atoms with Crippen LogP contribution in [0.5, 0.6) is 0 Å². The molecule has 0 unspecified atom stereocenters. The second kappa shape index (κ2) is 6.15. The van der Waals surface area contributed by atoms with Gasteiger partial charge in [0.1, 0.15) is 12.5 Å². The van der Waals surface area contributed by atoms with Crippen LogP contribution >= 0.6 is 0 Å². The summed E-state index contributed by atoms with van der Waals surface area (Å²) in [5.74, 6) is -0.362. The van der Waals surface area contributed by atoms with Crippen molar-refractivity contribution >= 4 is 5.91 Å². The number of methoxy groups -OCH3 is 1. The van der Waals surface area contributed by atoms with Crippen LogP contribution in [-0.2, 0) is 11.2 Å². The van der Waals surface area contributed by atoms with Gasteiger partial charge in [0.15, 0.2) is 5.76 Å². The molecule has 0 spiro atoms. The van der Waals surface area contributed by atoms with Gasteiger partial charge in [0, 0.05) is 19.1 Å². The average molecular weight is 263 g/mol. The van der Waals surface area contributed by atoms with Crippen LogP contribution in [0.1, 0.15) is 21.7 Å². The largest absolute Gasteiger partial charge is 0.459 e. The smallest absolute Gasteiger partial charge is 0.289 e. The van der Waals surface area contributed by atoms with Crippen LogP contribution in [0.25, 0.3) is 0 Å². The van der Waals surface area contributed by atoms with Crippen molar-refractivity contribution in [2.24, 2.45) is 0 Å². The van der Waals surface area contributed by atoms with E-state index in [9.17, 15) is 9.18 Å². The lowest BCUT2D eigenvalue weighted by Crippen LogP contribution is -2.25. The molecule has 1 amide bonds. The lowest BCUT2D eigenvalue weighted by Gasteiger charge is -2.04. The second-order valence-corrected chi connectivity index (χ2v) is 4.02. The molecule has 0 fully saturated rings. The van der Waals surface area contributed by atoms with Crippen LogP contribution < -0.4 is 5.32 Å². The summed E-state index contributed by atoms with van der Waals surface area (Å²) in [5.41, 5.74) is 1.66. The molecule has 100 valence electrons. The van der Waals surface area contributed by atoms with Crippen molar-refractivity contribution < 1.29 is 18.3 Å². The maximum atomic E-state index is 12.8. The Morgan fingerprint density at radius 2 is 2.05 bits per heavy atom. The molecule has 2 rings (SSSR count). The first-order valence-corrected chi connectivity index (χ1v) is 5.78. The summed E-state index contributed by atoms with van der Waals surface area (Å²) in [6.07, 6.45) is 1.97. The van der Waals surface area contributed by atoms with E-state index in [-0.39, 0.29) is 24.2 Å². The number of nitrogens with one attached hydrogen (secondary N) is 1. The molecule has 0 radical (unpaired) electrons. The minimum absolute atomic E-state index is 0.121. The number of hydrogen-bond donors (Lipinski definition) is 1. The summed E-state index contributed by atoms with van der Waals surface area (Å²) >= 11 is 0. The van der Waals surface area contributed by atoms with Crippen molar-refractivity contribution in [1.82, 2.24) is 5.32 Å². The Balaban J connectivity index is 2.11. The van der Waals surface area contributed by atoms with Crippen LogP contribution in [0, 0.1) is 5.82 Å². The predicted molar refractivity (Wildman–Crippen MR) is 67.3 cm³/mol. The first-order chi connectivity index (χ1) is 9.20. The fourth-order valence-electron chi connectivity index (χ4n) is 1.71. The fraction of sp³-hybridized carbons (Fsp3) is 0.214. The first kappa shape index (κ1) is 13.3. The number of amides is 1. The Hall–Kier alpha value is -2.14. The van der Waals surface area contributed by atoms with Gasteiger partial charge in [0.25, 0.3) is 5.91 Å². The van der Waals surface area contributed by atoms with E-state index in [4.69, 9.17) is 9.15 Å². The van der Waals surface area contributed by atoms with Gasteiger partial charge >= 0.3 is 0 Å². The van der Waals surface area contributed by atoms with Crippen LogP contribution in [0.2, 0.25) is 0 Å². The third-order valence-corrected chi connectivity index (χ3v) is 2.64. The Morgan fingerprint density at radius 3 is 2.74 bits per heavy atom. The number of halogens is 1. The Bertz CT molecular complexity index is 548. The molecule has 1 aromatic heterocycles. The number of furan rings is 1. The van der Waals surface area contributed by atoms with Gasteiger partial charge in [-0.2, -0.15) is 0 Å². The van der Waals surface area contributed by atoms with E-state index >= 15 is 0 Å². The number of carbonyl (C=O) groups is 1. The number of carbonyl (C=O) groups excluding carboxylic acids is 1. The molecular formula is C14H14FNO3. The molecule has 2 aromatic rings. The van der Waals surface area contributed by atoms with E-state index in [1.165, 1.54) is 25.5 Å². The Morgan fingerprint density at radius 1 is 1.32 bits per heavy atom. The number of rotatable bonds is 5. The molecule has 5 heteroatoms. The monoisotopic (exact) mass is 263 g/mol. The predicted octanol–water partition coefficient (Wildman–Crippen LogP) is 2.34. The second-order valence-electron chi connectivity index (χ2n) is 4.02. The molecule has 1 heterocycles. The van der Waals surface area contributed by atoms with Gasteiger partial charge in [-0.05, 0) is 23.8 Å². The summed E-state index contributed by atoms with van der Waals surface area (Å²) in [6.45, 7) is 0.121. The number of benzene rings is 1. The van der Waals surface area contributed by atoms with Gasteiger partial charge in [-0.15, -0.1) is 0 Å². The van der Waals surface area contributed by atoms with Gasteiger partial charge < -0.3 is 14.5 Å². The maximum absolute atomic E-state index is 12.8. The van der Waals surface area contributed by atoms with E-state index in [2.05, 4.69) is 5.32 Å². The highest BCUT2D eigenvalue weighted by atomic mass is 19.1. The molecule has 19 heavy (non-hydrogen) atoms. The molecule has 0 bridgehead atoms. The summed E-state index contributed by atoms with van der Waals surface area (Å²) in [5, 5.41) is 2.56. The fourth-order valence-corrected chi connectivity index (χ4v) is 1.71. The van der Waals surface area contributed by atoms with E-state index in [0.29, 0.717) is 6.42 Å². The zero-order chi connectivity index (χ0) is 13.7. The summed E-state index contributed by atoms with van der Waals surface area (Å²) < 4.78 is 22.8. The van der Waals surface area contributed by atoms with Gasteiger partial charge in [0.2, 0.25) is 0 Å². The van der Waals surface area contributed by atoms with Crippen molar-refractivity contribution in [2.75, 3.05) is 13.8 Å². The molecule has 0 saturated carbocycles. The van der Waals surface area contributed by atoms with Gasteiger partial charge in [-0.1, -0.05) is 12.1 Å². The standard InChI is InChI=1S/C14H14FNO3/c1-18-9-16-14(17)13-11(6-7-19-13)8-10-2-4-12(15)5-3-10/h2-7H,8-9H2,1H3,(H,16,17). The summed E-state index contributed by atoms with van der Waals surface area (Å²) in [4.78, 5) is 11.8. The zero-order valence-electron chi connectivity index (χ0n) is 10.5. The minimum Gasteiger partial charge on any atom is -0.459 e. The minimum atomic E-state index is -0.330. The molecule has 4 nitrogen and oxygen atoms in total. The Labute approximate surface area is 110 Å². The zero-order valence-corrected chi connectivity index (χ0v) is 10.5. The lowest BCUT2D eigenvalue weighted by atomic mass is 10.1. The quantitative estimate of drug-likeness (QED) is 0.842. The van der Waals surface area contributed by atoms with E-state index in [1.807, 2.05) is 0 Å². The van der Waals surface area contributed by atoms with Gasteiger partial charge in [-0.3, -0.25) is 4.79 Å². The van der Waals surface area contributed by atoms with Crippen molar-refractivity contribution in [3.8, 4) is 0 Å². The SMILES string of the molecule is COCNC(=O)c1occc1Cc1ccc(F)cc1. The van der Waals surface area contributed by atoms with Crippen molar-refractivity contribution in [1.29, 1.82) is 0 Å². The van der Waals surface area contributed by atoms with E-state index in [0.717, 1.165) is 11.1 Å². The van der Waals surface area contributed by atoms with Crippen LogP contribution in [0.4, 0.5) is 4.39 Å². The molecule has 1 N–H and O–H groups in total. The molecular weight excluding hydrogens is 249 g/mol. The highest BCUT2D eigenvalue weighted by Gasteiger charge is 2.15. The number of ether oxygens (including phenoxy) is 1. The number of hydrogen-bond acceptors (Lipinski definition) is 3. The molecule has 0 atom stereocenters. The van der Waals surface area contributed by atoms with Gasteiger partial charge in [0.05, 0.1) is 6.26 Å². The van der Waals surface area contributed by atoms with Crippen molar-refractivity contribution in [3.63, 3.8) is 0 Å².